The number of primary amides is 1. The van der Waals surface area contributed by atoms with E-state index in [2.05, 4.69) is 16.0 Å². The maximum Gasteiger partial charge on any atom is 0.315 e. The van der Waals surface area contributed by atoms with Gasteiger partial charge in [0.2, 0.25) is 17.7 Å². The van der Waals surface area contributed by atoms with E-state index in [1.54, 1.807) is 0 Å². The number of unbranched alkanes of at least 4 members (excludes halogenated alkanes) is 1. The van der Waals surface area contributed by atoms with Crippen molar-refractivity contribution >= 4 is 35.5 Å². The van der Waals surface area contributed by atoms with Gasteiger partial charge < -0.3 is 26.6 Å². The molecule has 0 saturated carbocycles. The highest BCUT2D eigenvalue weighted by Gasteiger charge is 2.42. The normalized spacial score (nSPS) is 29.2. The topological polar surface area (TPSA) is 134 Å². The smallest absolute Gasteiger partial charge is 0.315 e. The van der Waals surface area contributed by atoms with Gasteiger partial charge >= 0.3 is 6.03 Å². The molecule has 3 aliphatic heterocycles. The lowest BCUT2D eigenvalue weighted by atomic mass is 10.0. The Labute approximate surface area is 162 Å². The summed E-state index contributed by atoms with van der Waals surface area (Å²) in [7, 11) is 0. The van der Waals surface area contributed by atoms with Crippen LogP contribution in [-0.4, -0.2) is 70.9 Å². The number of rotatable bonds is 8. The van der Waals surface area contributed by atoms with Crippen LogP contribution in [0.4, 0.5) is 4.79 Å². The Hall–Kier alpha value is -1.97. The Kier molecular flexibility index (Phi) is 6.46. The molecule has 27 heavy (non-hydrogen) atoms. The van der Waals surface area contributed by atoms with E-state index in [1.807, 2.05) is 11.8 Å². The molecule has 150 valence electrons. The van der Waals surface area contributed by atoms with Crippen molar-refractivity contribution in [2.45, 2.75) is 61.9 Å². The summed E-state index contributed by atoms with van der Waals surface area (Å²) in [6, 6.07) is -0.229. The van der Waals surface area contributed by atoms with Crippen LogP contribution in [0, 0.1) is 0 Å². The molecule has 5 N–H and O–H groups in total. The minimum absolute atomic E-state index is 0.0871. The second-order valence-corrected chi connectivity index (χ2v) is 8.56. The molecule has 0 spiro atoms. The predicted molar refractivity (Wildman–Crippen MR) is 101 cm³/mol. The largest absolute Gasteiger partial charge is 0.368 e. The fourth-order valence-corrected chi connectivity index (χ4v) is 5.54. The lowest BCUT2D eigenvalue weighted by molar-refractivity contribution is -0.137. The SMILES string of the molecule is NC(=O)C1CCCN1C(=O)CNC(=O)CCCCC1SCC2NC(=O)NC21. The first kappa shape index (κ1) is 19.8. The minimum atomic E-state index is -0.548. The molecule has 3 aliphatic rings. The highest BCUT2D eigenvalue weighted by molar-refractivity contribution is 8.00. The quantitative estimate of drug-likeness (QED) is 0.318. The zero-order valence-electron chi connectivity index (χ0n) is 15.2. The summed E-state index contributed by atoms with van der Waals surface area (Å²) < 4.78 is 0. The van der Waals surface area contributed by atoms with Crippen LogP contribution in [0.15, 0.2) is 0 Å². The number of nitrogens with zero attached hydrogens (tertiary/aromatic N) is 1. The first-order valence-corrected chi connectivity index (χ1v) is 10.5. The molecule has 3 rings (SSSR count). The first-order chi connectivity index (χ1) is 13.0. The van der Waals surface area contributed by atoms with Crippen molar-refractivity contribution in [2.75, 3.05) is 18.8 Å². The summed E-state index contributed by atoms with van der Waals surface area (Å²) in [5, 5.41) is 8.90. The zero-order valence-corrected chi connectivity index (χ0v) is 16.1. The van der Waals surface area contributed by atoms with Gasteiger partial charge in [0, 0.05) is 24.0 Å². The van der Waals surface area contributed by atoms with Gasteiger partial charge in [0.15, 0.2) is 0 Å². The van der Waals surface area contributed by atoms with Crippen molar-refractivity contribution in [1.29, 1.82) is 0 Å². The number of carbonyl (C=O) groups excluding carboxylic acids is 4. The number of likely N-dealkylation sites (tertiary alicyclic amines) is 1. The van der Waals surface area contributed by atoms with Gasteiger partial charge in [0.05, 0.1) is 18.6 Å². The van der Waals surface area contributed by atoms with E-state index in [4.69, 9.17) is 5.73 Å². The summed E-state index contributed by atoms with van der Waals surface area (Å²) in [4.78, 5) is 48.3. The number of nitrogens with one attached hydrogen (secondary N) is 3. The molecule has 3 heterocycles. The molecule has 9 nitrogen and oxygen atoms in total. The molecule has 0 aromatic carbocycles. The van der Waals surface area contributed by atoms with Crippen LogP contribution in [-0.2, 0) is 14.4 Å². The number of nitrogens with two attached hydrogens (primary N) is 1. The molecular formula is C17H27N5O4S. The van der Waals surface area contributed by atoms with Crippen LogP contribution in [0.2, 0.25) is 0 Å². The van der Waals surface area contributed by atoms with Gasteiger partial charge in [-0.25, -0.2) is 4.79 Å². The molecule has 3 fully saturated rings. The molecule has 0 radical (unpaired) electrons. The van der Waals surface area contributed by atoms with E-state index in [0.29, 0.717) is 24.6 Å². The molecule has 4 unspecified atom stereocenters. The minimum Gasteiger partial charge on any atom is -0.368 e. The van der Waals surface area contributed by atoms with Gasteiger partial charge in [-0.2, -0.15) is 11.8 Å². The third-order valence-electron chi connectivity index (χ3n) is 5.42. The van der Waals surface area contributed by atoms with Crippen LogP contribution < -0.4 is 21.7 Å². The van der Waals surface area contributed by atoms with E-state index in [-0.39, 0.29) is 36.5 Å². The number of urea groups is 1. The Balaban J connectivity index is 1.29. The Morgan fingerprint density at radius 3 is 2.85 bits per heavy atom. The van der Waals surface area contributed by atoms with E-state index < -0.39 is 11.9 Å². The van der Waals surface area contributed by atoms with Crippen molar-refractivity contribution in [3.05, 3.63) is 0 Å². The number of hydrogen-bond donors (Lipinski definition) is 4. The van der Waals surface area contributed by atoms with Gasteiger partial charge in [-0.1, -0.05) is 6.42 Å². The Morgan fingerprint density at radius 2 is 2.07 bits per heavy atom. The van der Waals surface area contributed by atoms with Crippen molar-refractivity contribution in [2.24, 2.45) is 5.73 Å². The molecule has 5 amide bonds. The number of carbonyl (C=O) groups is 4. The number of amides is 5. The Morgan fingerprint density at radius 1 is 1.26 bits per heavy atom. The highest BCUT2D eigenvalue weighted by atomic mass is 32.2. The summed E-state index contributed by atoms with van der Waals surface area (Å²) in [5.41, 5.74) is 5.31. The molecule has 0 aromatic heterocycles. The third-order valence-corrected chi connectivity index (χ3v) is 6.93. The molecule has 3 saturated heterocycles. The number of thioether (sulfide) groups is 1. The Bertz CT molecular complexity index is 616. The van der Waals surface area contributed by atoms with E-state index >= 15 is 0 Å². The van der Waals surface area contributed by atoms with E-state index in [1.165, 1.54) is 4.90 Å². The standard InChI is InChI=1S/C17H27N5O4S/c18-16(25)11-4-3-7-22(11)14(24)8-19-13(23)6-2-1-5-12-15-10(9-27-12)20-17(26)21-15/h10-12,15H,1-9H2,(H2,18,25)(H,19,23)(H2,20,21,26). The second-order valence-electron chi connectivity index (χ2n) is 7.29. The van der Waals surface area contributed by atoms with Gasteiger partial charge in [-0.3, -0.25) is 14.4 Å². The third kappa shape index (κ3) is 4.85. The molecule has 4 atom stereocenters. The van der Waals surface area contributed by atoms with Gasteiger partial charge in [0.1, 0.15) is 6.04 Å². The number of fused-ring (bicyclic) bond motifs is 1. The first-order valence-electron chi connectivity index (χ1n) is 9.50. The van der Waals surface area contributed by atoms with Crippen LogP contribution in [0.1, 0.15) is 38.5 Å². The fourth-order valence-electron chi connectivity index (χ4n) is 4.00. The predicted octanol–water partition coefficient (Wildman–Crippen LogP) is -0.695. The monoisotopic (exact) mass is 397 g/mol. The van der Waals surface area contributed by atoms with Crippen molar-refractivity contribution in [3.63, 3.8) is 0 Å². The summed E-state index contributed by atoms with van der Waals surface area (Å²) >= 11 is 1.86. The summed E-state index contributed by atoms with van der Waals surface area (Å²) in [6.45, 7) is 0.414. The van der Waals surface area contributed by atoms with Crippen molar-refractivity contribution in [1.82, 2.24) is 20.9 Å². The van der Waals surface area contributed by atoms with Crippen LogP contribution in [0.5, 0.6) is 0 Å². The molecular weight excluding hydrogens is 370 g/mol. The number of hydrogen-bond acceptors (Lipinski definition) is 5. The van der Waals surface area contributed by atoms with Gasteiger partial charge in [-0.15, -0.1) is 0 Å². The van der Waals surface area contributed by atoms with Crippen LogP contribution in [0.25, 0.3) is 0 Å². The summed E-state index contributed by atoms with van der Waals surface area (Å²) in [5.74, 6) is 0.0146. The fraction of sp³-hybridized carbons (Fsp3) is 0.765. The lowest BCUT2D eigenvalue weighted by Gasteiger charge is -2.22. The highest BCUT2D eigenvalue weighted by Crippen LogP contribution is 2.33. The van der Waals surface area contributed by atoms with Crippen molar-refractivity contribution < 1.29 is 19.2 Å². The maximum absolute atomic E-state index is 12.2. The van der Waals surface area contributed by atoms with E-state index in [9.17, 15) is 19.2 Å². The molecule has 0 aromatic rings. The lowest BCUT2D eigenvalue weighted by Crippen LogP contribution is -2.47. The molecule has 0 bridgehead atoms. The average molecular weight is 398 g/mol. The van der Waals surface area contributed by atoms with Crippen LogP contribution in [0.3, 0.4) is 0 Å². The average Bonchev–Trinajstić information content (AvgIpc) is 3.32. The van der Waals surface area contributed by atoms with Crippen molar-refractivity contribution in [3.8, 4) is 0 Å². The van der Waals surface area contributed by atoms with Gasteiger partial charge in [0.25, 0.3) is 0 Å². The zero-order chi connectivity index (χ0) is 19.4. The van der Waals surface area contributed by atoms with Crippen LogP contribution >= 0.6 is 11.8 Å². The summed E-state index contributed by atoms with van der Waals surface area (Å²) in [6.07, 6.45) is 4.30. The molecule has 0 aliphatic carbocycles. The van der Waals surface area contributed by atoms with Gasteiger partial charge in [-0.05, 0) is 25.7 Å². The van der Waals surface area contributed by atoms with E-state index in [0.717, 1.165) is 31.4 Å². The second kappa shape index (κ2) is 8.81. The molecule has 10 heteroatoms. The maximum atomic E-state index is 12.2.